The van der Waals surface area contributed by atoms with Crippen LogP contribution in [0.1, 0.15) is 34.6 Å². The van der Waals surface area contributed by atoms with Gasteiger partial charge in [-0.05, 0) is 55.1 Å². The van der Waals surface area contributed by atoms with Gasteiger partial charge in [-0.3, -0.25) is 4.79 Å². The molecule has 0 N–H and O–H groups in total. The van der Waals surface area contributed by atoms with Crippen molar-refractivity contribution in [1.29, 1.82) is 0 Å². The lowest BCUT2D eigenvalue weighted by Crippen LogP contribution is -2.19. The number of methoxy groups -OCH3 is 1. The van der Waals surface area contributed by atoms with E-state index in [4.69, 9.17) is 9.47 Å². The van der Waals surface area contributed by atoms with Gasteiger partial charge in [0.2, 0.25) is 0 Å². The van der Waals surface area contributed by atoms with Gasteiger partial charge in [-0.2, -0.15) is 4.99 Å². The predicted octanol–water partition coefficient (Wildman–Crippen LogP) is 4.38. The number of thiazole rings is 1. The van der Waals surface area contributed by atoms with Crippen LogP contribution in [-0.4, -0.2) is 42.5 Å². The molecule has 0 spiro atoms. The Labute approximate surface area is 183 Å². The van der Waals surface area contributed by atoms with E-state index in [1.165, 1.54) is 11.3 Å². The molecular formula is C22H24N2O4S2. The van der Waals surface area contributed by atoms with Crippen molar-refractivity contribution in [3.63, 3.8) is 0 Å². The minimum atomic E-state index is -0.365. The molecule has 0 unspecified atom stereocenters. The highest BCUT2D eigenvalue weighted by Crippen LogP contribution is 2.21. The average Bonchev–Trinajstić information content (AvgIpc) is 3.09. The van der Waals surface area contributed by atoms with Gasteiger partial charge in [-0.1, -0.05) is 18.3 Å². The predicted molar refractivity (Wildman–Crippen MR) is 120 cm³/mol. The van der Waals surface area contributed by atoms with Crippen LogP contribution in [-0.2, 0) is 16.0 Å². The Hall–Kier alpha value is -2.42. The maximum absolute atomic E-state index is 12.8. The second-order valence-electron chi connectivity index (χ2n) is 6.31. The first-order chi connectivity index (χ1) is 14.6. The quantitative estimate of drug-likeness (QED) is 0.381. The molecule has 0 saturated carbocycles. The SMILES string of the molecule is CCOC(=O)c1ccc2c(c1)sc(=NC(=O)c1ccc(SCC)cc1)n2CCOC. The second kappa shape index (κ2) is 10.6. The highest BCUT2D eigenvalue weighted by atomic mass is 32.2. The van der Waals surface area contributed by atoms with Crippen LogP contribution >= 0.6 is 23.1 Å². The number of aromatic nitrogens is 1. The first-order valence-electron chi connectivity index (χ1n) is 9.68. The second-order valence-corrected chi connectivity index (χ2v) is 8.65. The number of carbonyl (C=O) groups is 2. The van der Waals surface area contributed by atoms with Crippen LogP contribution in [0.2, 0.25) is 0 Å². The fourth-order valence-corrected chi connectivity index (χ4v) is 4.67. The van der Waals surface area contributed by atoms with Crippen LogP contribution in [0.4, 0.5) is 0 Å². The van der Waals surface area contributed by atoms with Gasteiger partial charge in [0.15, 0.2) is 4.80 Å². The summed E-state index contributed by atoms with van der Waals surface area (Å²) in [7, 11) is 1.63. The fraction of sp³-hybridized carbons (Fsp3) is 0.318. The van der Waals surface area contributed by atoms with Gasteiger partial charge in [0.25, 0.3) is 5.91 Å². The van der Waals surface area contributed by atoms with E-state index in [1.54, 1.807) is 50.1 Å². The van der Waals surface area contributed by atoms with Gasteiger partial charge < -0.3 is 14.0 Å². The largest absolute Gasteiger partial charge is 0.462 e. The van der Waals surface area contributed by atoms with Crippen LogP contribution in [0.15, 0.2) is 52.4 Å². The molecule has 2 aromatic carbocycles. The Morgan fingerprint density at radius 1 is 1.10 bits per heavy atom. The molecule has 3 aromatic rings. The van der Waals surface area contributed by atoms with Crippen molar-refractivity contribution >= 4 is 45.2 Å². The molecule has 0 aliphatic rings. The molecule has 0 fully saturated rings. The zero-order valence-corrected chi connectivity index (χ0v) is 18.8. The lowest BCUT2D eigenvalue weighted by molar-refractivity contribution is 0.0526. The van der Waals surface area contributed by atoms with Gasteiger partial charge in [-0.15, -0.1) is 11.8 Å². The lowest BCUT2D eigenvalue weighted by Gasteiger charge is -2.05. The van der Waals surface area contributed by atoms with Crippen LogP contribution in [0.3, 0.4) is 0 Å². The summed E-state index contributed by atoms with van der Waals surface area (Å²) in [6.07, 6.45) is 0. The summed E-state index contributed by atoms with van der Waals surface area (Å²) >= 11 is 3.09. The van der Waals surface area contributed by atoms with E-state index >= 15 is 0 Å². The standard InChI is InChI=1S/C22H24N2O4S2/c1-4-28-21(26)16-8-11-18-19(14-16)30-22(24(18)12-13-27-3)23-20(25)15-6-9-17(10-7-15)29-5-2/h6-11,14H,4-5,12-13H2,1-3H3. The third-order valence-electron chi connectivity index (χ3n) is 4.32. The van der Waals surface area contributed by atoms with Crippen LogP contribution in [0.25, 0.3) is 10.2 Å². The van der Waals surface area contributed by atoms with Crippen LogP contribution < -0.4 is 4.80 Å². The number of nitrogens with zero attached hydrogens (tertiary/aromatic N) is 2. The number of carbonyl (C=O) groups excluding carboxylic acids is 2. The summed E-state index contributed by atoms with van der Waals surface area (Å²) in [5, 5.41) is 0. The fourth-order valence-electron chi connectivity index (χ4n) is 2.91. The number of amides is 1. The van der Waals surface area contributed by atoms with E-state index in [9.17, 15) is 9.59 Å². The van der Waals surface area contributed by atoms with Gasteiger partial charge in [0, 0.05) is 24.1 Å². The molecule has 0 bridgehead atoms. The molecule has 3 rings (SSSR count). The van der Waals surface area contributed by atoms with Gasteiger partial charge >= 0.3 is 5.97 Å². The van der Waals surface area contributed by atoms with Crippen molar-refractivity contribution in [1.82, 2.24) is 4.57 Å². The maximum atomic E-state index is 12.8. The van der Waals surface area contributed by atoms with Crippen molar-refractivity contribution in [2.45, 2.75) is 25.3 Å². The number of esters is 1. The summed E-state index contributed by atoms with van der Waals surface area (Å²) in [6, 6.07) is 12.8. The Balaban J connectivity index is 2.01. The number of benzene rings is 2. The third kappa shape index (κ3) is 5.19. The van der Waals surface area contributed by atoms with Crippen molar-refractivity contribution in [2.75, 3.05) is 26.1 Å². The maximum Gasteiger partial charge on any atom is 0.338 e. The topological polar surface area (TPSA) is 69.9 Å². The smallest absolute Gasteiger partial charge is 0.338 e. The van der Waals surface area contributed by atoms with Crippen LogP contribution in [0.5, 0.6) is 0 Å². The Bertz CT molecular complexity index is 1100. The van der Waals surface area contributed by atoms with Crippen molar-refractivity contribution in [3.05, 3.63) is 58.4 Å². The molecule has 1 heterocycles. The molecule has 1 amide bonds. The van der Waals surface area contributed by atoms with E-state index in [-0.39, 0.29) is 11.9 Å². The third-order valence-corrected chi connectivity index (χ3v) is 6.26. The van der Waals surface area contributed by atoms with E-state index in [0.29, 0.717) is 35.7 Å². The lowest BCUT2D eigenvalue weighted by atomic mass is 10.2. The highest BCUT2D eigenvalue weighted by molar-refractivity contribution is 7.99. The molecule has 8 heteroatoms. The van der Waals surface area contributed by atoms with Crippen molar-refractivity contribution in [3.8, 4) is 0 Å². The molecule has 158 valence electrons. The van der Waals surface area contributed by atoms with Gasteiger partial charge in [-0.25, -0.2) is 4.79 Å². The number of rotatable bonds is 8. The number of ether oxygens (including phenoxy) is 2. The zero-order chi connectivity index (χ0) is 21.5. The summed E-state index contributed by atoms with van der Waals surface area (Å²) in [6.45, 7) is 5.21. The Kier molecular flexibility index (Phi) is 7.84. The van der Waals surface area contributed by atoms with Gasteiger partial charge in [0.1, 0.15) is 0 Å². The minimum Gasteiger partial charge on any atom is -0.462 e. The van der Waals surface area contributed by atoms with Crippen LogP contribution in [0, 0.1) is 0 Å². The molecule has 0 aliphatic carbocycles. The molecule has 0 aliphatic heterocycles. The highest BCUT2D eigenvalue weighted by Gasteiger charge is 2.13. The Morgan fingerprint density at radius 3 is 2.50 bits per heavy atom. The van der Waals surface area contributed by atoms with Gasteiger partial charge in [0.05, 0.1) is 29.0 Å². The molecule has 0 atom stereocenters. The summed E-state index contributed by atoms with van der Waals surface area (Å²) in [5.41, 5.74) is 1.91. The molecule has 6 nitrogen and oxygen atoms in total. The number of hydrogen-bond donors (Lipinski definition) is 0. The zero-order valence-electron chi connectivity index (χ0n) is 17.2. The molecular weight excluding hydrogens is 420 g/mol. The molecule has 1 aromatic heterocycles. The Morgan fingerprint density at radius 2 is 1.83 bits per heavy atom. The average molecular weight is 445 g/mol. The van der Waals surface area contributed by atoms with Crippen molar-refractivity contribution in [2.24, 2.45) is 4.99 Å². The summed E-state index contributed by atoms with van der Waals surface area (Å²) in [5.74, 6) is 0.314. The number of fused-ring (bicyclic) bond motifs is 1. The number of thioether (sulfide) groups is 1. The summed E-state index contributed by atoms with van der Waals surface area (Å²) in [4.78, 5) is 30.9. The van der Waals surface area contributed by atoms with E-state index in [2.05, 4.69) is 11.9 Å². The van der Waals surface area contributed by atoms with Crippen molar-refractivity contribution < 1.29 is 19.1 Å². The molecule has 0 saturated heterocycles. The molecule has 0 radical (unpaired) electrons. The van der Waals surface area contributed by atoms with E-state index in [1.807, 2.05) is 22.8 Å². The van der Waals surface area contributed by atoms with E-state index < -0.39 is 0 Å². The molecule has 30 heavy (non-hydrogen) atoms. The summed E-state index contributed by atoms with van der Waals surface area (Å²) < 4.78 is 13.1. The first kappa shape index (κ1) is 22.3. The number of hydrogen-bond acceptors (Lipinski definition) is 6. The normalized spacial score (nSPS) is 11.8. The first-order valence-corrected chi connectivity index (χ1v) is 11.5. The monoisotopic (exact) mass is 444 g/mol. The van der Waals surface area contributed by atoms with E-state index in [0.717, 1.165) is 20.9 Å². The minimum absolute atomic E-state index is 0.300.